The van der Waals surface area contributed by atoms with E-state index >= 15 is 0 Å². The van der Waals surface area contributed by atoms with Crippen molar-refractivity contribution in [2.75, 3.05) is 13.2 Å². The Morgan fingerprint density at radius 3 is 3.33 bits per heavy atom. The number of nitrogens with zero attached hydrogens (tertiary/aromatic N) is 1. The molecule has 1 atom stereocenters. The highest BCUT2D eigenvalue weighted by atomic mass is 16.5. The fraction of sp³-hybridized carbons (Fsp3) is 0.400. The van der Waals surface area contributed by atoms with E-state index < -0.39 is 0 Å². The lowest BCUT2D eigenvalue weighted by Crippen LogP contribution is -2.23. The van der Waals surface area contributed by atoms with E-state index in [1.807, 2.05) is 6.07 Å². The monoisotopic (exact) mass is 208 g/mol. The van der Waals surface area contributed by atoms with E-state index in [1.54, 1.807) is 19.3 Å². The second kappa shape index (κ2) is 4.16. The Bertz CT molecular complexity index is 370. The summed E-state index contributed by atoms with van der Waals surface area (Å²) in [5, 5.41) is 3.92. The summed E-state index contributed by atoms with van der Waals surface area (Å²) >= 11 is 0. The maximum atomic E-state index is 11.5. The van der Waals surface area contributed by atoms with E-state index in [0.717, 1.165) is 5.76 Å². The predicted molar refractivity (Wildman–Crippen MR) is 53.5 cm³/mol. The summed E-state index contributed by atoms with van der Waals surface area (Å²) in [6, 6.07) is 3.61. The van der Waals surface area contributed by atoms with Crippen LogP contribution in [0.5, 0.6) is 0 Å². The van der Waals surface area contributed by atoms with Crippen molar-refractivity contribution in [3.05, 3.63) is 24.2 Å². The van der Waals surface area contributed by atoms with Crippen molar-refractivity contribution in [3.8, 4) is 0 Å². The van der Waals surface area contributed by atoms with Crippen LogP contribution in [-0.4, -0.2) is 24.8 Å². The Kier molecular flexibility index (Phi) is 2.71. The molecule has 2 rings (SSSR count). The van der Waals surface area contributed by atoms with Crippen LogP contribution in [0, 0.1) is 0 Å². The van der Waals surface area contributed by atoms with Crippen LogP contribution >= 0.6 is 0 Å². The molecule has 0 saturated carbocycles. The molecule has 1 aromatic rings. The lowest BCUT2D eigenvalue weighted by molar-refractivity contribution is -0.135. The van der Waals surface area contributed by atoms with E-state index in [2.05, 4.69) is 10.5 Å². The summed E-state index contributed by atoms with van der Waals surface area (Å²) in [6.07, 6.45) is 1.58. The van der Waals surface area contributed by atoms with Crippen LogP contribution in [0.25, 0.3) is 0 Å². The zero-order valence-corrected chi connectivity index (χ0v) is 8.40. The van der Waals surface area contributed by atoms with Gasteiger partial charge in [-0.25, -0.2) is 4.79 Å². The molecule has 0 spiro atoms. The van der Waals surface area contributed by atoms with Gasteiger partial charge in [-0.15, -0.1) is 0 Å². The molecule has 1 aromatic heterocycles. The smallest absolute Gasteiger partial charge is 0.355 e. The molecule has 2 heterocycles. The number of carbonyl (C=O) groups excluding carboxylic acids is 1. The average molecular weight is 208 g/mol. The molecule has 1 unspecified atom stereocenters. The second-order valence-corrected chi connectivity index (χ2v) is 3.15. The Labute approximate surface area is 87.1 Å². The number of ether oxygens (including phenoxy) is 1. The highest BCUT2D eigenvalue weighted by Gasteiger charge is 2.31. The van der Waals surface area contributed by atoms with Crippen molar-refractivity contribution in [1.82, 2.24) is 5.43 Å². The number of nitrogens with one attached hydrogen (secondary N) is 1. The lowest BCUT2D eigenvalue weighted by Gasteiger charge is -2.07. The molecule has 0 saturated heterocycles. The topological polar surface area (TPSA) is 63.8 Å². The van der Waals surface area contributed by atoms with E-state index in [9.17, 15) is 4.79 Å². The minimum Gasteiger partial charge on any atom is -0.469 e. The number of hydrogen-bond acceptors (Lipinski definition) is 5. The van der Waals surface area contributed by atoms with Gasteiger partial charge in [0.25, 0.3) is 0 Å². The van der Waals surface area contributed by atoms with Crippen molar-refractivity contribution in [2.45, 2.75) is 12.8 Å². The first-order valence-electron chi connectivity index (χ1n) is 4.84. The summed E-state index contributed by atoms with van der Waals surface area (Å²) in [4.78, 5) is 11.5. The number of hydrogen-bond donors (Lipinski definition) is 1. The van der Waals surface area contributed by atoms with E-state index in [4.69, 9.17) is 9.15 Å². The van der Waals surface area contributed by atoms with Gasteiger partial charge in [0.2, 0.25) is 0 Å². The molecule has 5 heteroatoms. The Hall–Kier alpha value is -1.78. The van der Waals surface area contributed by atoms with Crippen LogP contribution in [0.1, 0.15) is 18.6 Å². The third kappa shape index (κ3) is 1.86. The Balaban J connectivity index is 2.15. The van der Waals surface area contributed by atoms with Crippen LogP contribution in [0.2, 0.25) is 0 Å². The van der Waals surface area contributed by atoms with Crippen LogP contribution in [0.4, 0.5) is 0 Å². The molecule has 0 bridgehead atoms. The minimum atomic E-state index is -0.385. The van der Waals surface area contributed by atoms with Gasteiger partial charge >= 0.3 is 5.97 Å². The van der Waals surface area contributed by atoms with Gasteiger partial charge in [0, 0.05) is 6.54 Å². The van der Waals surface area contributed by atoms with Crippen molar-refractivity contribution >= 4 is 11.7 Å². The third-order valence-electron chi connectivity index (χ3n) is 2.20. The molecule has 15 heavy (non-hydrogen) atoms. The molecular weight excluding hydrogens is 196 g/mol. The molecular formula is C10H12N2O3. The van der Waals surface area contributed by atoms with Gasteiger partial charge in [0.15, 0.2) is 5.71 Å². The lowest BCUT2D eigenvalue weighted by atomic mass is 10.0. The maximum absolute atomic E-state index is 11.5. The molecule has 0 aliphatic carbocycles. The normalized spacial score (nSPS) is 19.5. The molecule has 0 fully saturated rings. The molecule has 0 aromatic carbocycles. The standard InChI is InChI=1S/C10H12N2O3/c1-2-14-10(13)9-7(6-11-12-9)8-4-3-5-15-8/h3-5,7,11H,2,6H2,1H3. The number of esters is 1. The number of furan rings is 1. The first-order valence-corrected chi connectivity index (χ1v) is 4.84. The van der Waals surface area contributed by atoms with Crippen LogP contribution < -0.4 is 5.43 Å². The number of carbonyl (C=O) groups is 1. The zero-order chi connectivity index (χ0) is 10.7. The quantitative estimate of drug-likeness (QED) is 0.749. The Morgan fingerprint density at radius 1 is 1.80 bits per heavy atom. The third-order valence-corrected chi connectivity index (χ3v) is 2.20. The number of rotatable bonds is 3. The van der Waals surface area contributed by atoms with Crippen LogP contribution in [0.15, 0.2) is 27.9 Å². The van der Waals surface area contributed by atoms with Gasteiger partial charge in [-0.1, -0.05) is 0 Å². The van der Waals surface area contributed by atoms with Gasteiger partial charge in [0.05, 0.1) is 18.8 Å². The highest BCUT2D eigenvalue weighted by Crippen LogP contribution is 2.21. The van der Waals surface area contributed by atoms with Crippen LogP contribution in [-0.2, 0) is 9.53 Å². The molecule has 1 aliphatic heterocycles. The summed E-state index contributed by atoms with van der Waals surface area (Å²) in [5.74, 6) is 0.203. The molecule has 0 radical (unpaired) electrons. The Morgan fingerprint density at radius 2 is 2.67 bits per heavy atom. The largest absolute Gasteiger partial charge is 0.469 e. The average Bonchev–Trinajstić information content (AvgIpc) is 2.88. The van der Waals surface area contributed by atoms with Gasteiger partial charge in [0.1, 0.15) is 5.76 Å². The van der Waals surface area contributed by atoms with Crippen LogP contribution in [0.3, 0.4) is 0 Å². The summed E-state index contributed by atoms with van der Waals surface area (Å²) in [5.41, 5.74) is 3.16. The van der Waals surface area contributed by atoms with Gasteiger partial charge in [-0.3, -0.25) is 0 Å². The minimum absolute atomic E-state index is 0.140. The van der Waals surface area contributed by atoms with Gasteiger partial charge < -0.3 is 14.6 Å². The van der Waals surface area contributed by atoms with E-state index in [-0.39, 0.29) is 11.9 Å². The highest BCUT2D eigenvalue weighted by molar-refractivity contribution is 6.39. The second-order valence-electron chi connectivity index (χ2n) is 3.15. The summed E-state index contributed by atoms with van der Waals surface area (Å²) < 4.78 is 10.2. The predicted octanol–water partition coefficient (Wildman–Crippen LogP) is 0.885. The van der Waals surface area contributed by atoms with E-state index in [0.29, 0.717) is 18.9 Å². The fourth-order valence-electron chi connectivity index (χ4n) is 1.51. The van der Waals surface area contributed by atoms with E-state index in [1.165, 1.54) is 0 Å². The fourth-order valence-corrected chi connectivity index (χ4v) is 1.51. The summed E-state index contributed by atoms with van der Waals surface area (Å²) in [6.45, 7) is 2.69. The SMILES string of the molecule is CCOC(=O)C1=NNCC1c1ccco1. The van der Waals surface area contributed by atoms with Crippen molar-refractivity contribution < 1.29 is 13.9 Å². The number of hydrazone groups is 1. The zero-order valence-electron chi connectivity index (χ0n) is 8.40. The van der Waals surface area contributed by atoms with Gasteiger partial charge in [-0.05, 0) is 19.1 Å². The molecule has 1 N–H and O–H groups in total. The molecule has 80 valence electrons. The summed E-state index contributed by atoms with van der Waals surface area (Å²) in [7, 11) is 0. The van der Waals surface area contributed by atoms with Crippen molar-refractivity contribution in [2.24, 2.45) is 5.10 Å². The first-order chi connectivity index (χ1) is 7.33. The molecule has 5 nitrogen and oxygen atoms in total. The van der Waals surface area contributed by atoms with Gasteiger partial charge in [-0.2, -0.15) is 5.10 Å². The first kappa shape index (κ1) is 9.76. The molecule has 0 amide bonds. The van der Waals surface area contributed by atoms with Crippen molar-refractivity contribution in [3.63, 3.8) is 0 Å². The van der Waals surface area contributed by atoms with Crippen molar-refractivity contribution in [1.29, 1.82) is 0 Å². The molecule has 1 aliphatic rings. The maximum Gasteiger partial charge on any atom is 0.355 e.